The fourth-order valence-electron chi connectivity index (χ4n) is 3.94. The number of carbonyl (C=O) groups is 1. The number of imidazole rings is 1. The van der Waals surface area contributed by atoms with E-state index in [9.17, 15) is 9.18 Å². The van der Waals surface area contributed by atoms with E-state index < -0.39 is 0 Å². The topological polar surface area (TPSA) is 46.4 Å². The molecule has 0 radical (unpaired) electrons. The van der Waals surface area contributed by atoms with Gasteiger partial charge in [-0.15, -0.1) is 0 Å². The number of nitrogens with zero attached hydrogens (tertiary/aromatic N) is 2. The largest absolute Gasteiger partial charge is 0.356 e. The second-order valence-electron chi connectivity index (χ2n) is 7.55. The number of pyridine rings is 1. The molecule has 150 valence electrons. The Bertz CT molecular complexity index is 1020. The van der Waals surface area contributed by atoms with E-state index >= 15 is 0 Å². The maximum atomic E-state index is 13.3. The molecular formula is C24H26FN3O. The van der Waals surface area contributed by atoms with Gasteiger partial charge in [-0.3, -0.25) is 4.79 Å². The highest BCUT2D eigenvalue weighted by Crippen LogP contribution is 2.26. The number of benzene rings is 1. The zero-order valence-corrected chi connectivity index (χ0v) is 16.5. The van der Waals surface area contributed by atoms with Gasteiger partial charge in [0.25, 0.3) is 0 Å². The average molecular weight is 391 g/mol. The molecule has 1 amide bonds. The summed E-state index contributed by atoms with van der Waals surface area (Å²) >= 11 is 0. The zero-order chi connectivity index (χ0) is 20.1. The number of aryl methyl sites for hydroxylation is 1. The second kappa shape index (κ2) is 9.03. The summed E-state index contributed by atoms with van der Waals surface area (Å²) in [5, 5.41) is 3.05. The second-order valence-corrected chi connectivity index (χ2v) is 7.55. The van der Waals surface area contributed by atoms with Crippen LogP contribution in [0.25, 0.3) is 16.9 Å². The van der Waals surface area contributed by atoms with E-state index in [2.05, 4.69) is 11.4 Å². The number of nitrogens with one attached hydrogen (secondary N) is 1. The lowest BCUT2D eigenvalue weighted by molar-refractivity contribution is -0.121. The number of hydrogen-bond donors (Lipinski definition) is 1. The molecule has 1 aromatic carbocycles. The van der Waals surface area contributed by atoms with Crippen LogP contribution in [0.3, 0.4) is 0 Å². The molecule has 3 aromatic rings. The molecule has 2 aromatic heterocycles. The van der Waals surface area contributed by atoms with Crippen LogP contribution in [0, 0.1) is 5.82 Å². The van der Waals surface area contributed by atoms with E-state index in [0.717, 1.165) is 29.0 Å². The maximum absolute atomic E-state index is 13.3. The summed E-state index contributed by atoms with van der Waals surface area (Å²) in [4.78, 5) is 17.1. The lowest BCUT2D eigenvalue weighted by atomic mass is 9.97. The molecule has 0 saturated carbocycles. The number of hydrogen-bond acceptors (Lipinski definition) is 2. The summed E-state index contributed by atoms with van der Waals surface area (Å²) in [5.41, 5.74) is 4.92. The van der Waals surface area contributed by atoms with Gasteiger partial charge >= 0.3 is 0 Å². The monoisotopic (exact) mass is 391 g/mol. The smallest absolute Gasteiger partial charge is 0.220 e. The van der Waals surface area contributed by atoms with E-state index in [-0.39, 0.29) is 11.7 Å². The van der Waals surface area contributed by atoms with E-state index in [4.69, 9.17) is 4.98 Å². The number of halogens is 1. The van der Waals surface area contributed by atoms with Crippen molar-refractivity contribution in [3.63, 3.8) is 0 Å². The Balaban J connectivity index is 1.44. The van der Waals surface area contributed by atoms with Gasteiger partial charge in [0.15, 0.2) is 0 Å². The van der Waals surface area contributed by atoms with Crippen molar-refractivity contribution in [1.29, 1.82) is 0 Å². The third-order valence-corrected chi connectivity index (χ3v) is 5.49. The van der Waals surface area contributed by atoms with Crippen LogP contribution in [0.2, 0.25) is 0 Å². The van der Waals surface area contributed by atoms with E-state index in [1.54, 1.807) is 12.1 Å². The summed E-state index contributed by atoms with van der Waals surface area (Å²) in [7, 11) is 0. The van der Waals surface area contributed by atoms with Gasteiger partial charge in [-0.1, -0.05) is 17.7 Å². The van der Waals surface area contributed by atoms with E-state index in [1.807, 2.05) is 28.8 Å². The molecule has 1 aliphatic carbocycles. The van der Waals surface area contributed by atoms with Gasteiger partial charge in [0.2, 0.25) is 5.91 Å². The first-order chi connectivity index (χ1) is 14.2. The first kappa shape index (κ1) is 19.4. The SMILES string of the molecule is O=C(CCc1c(-c2ccc(F)cc2)nc2ccccn12)NCCC1=CCCCC1. The van der Waals surface area contributed by atoms with Crippen molar-refractivity contribution in [1.82, 2.24) is 14.7 Å². The molecular weight excluding hydrogens is 365 g/mol. The summed E-state index contributed by atoms with van der Waals surface area (Å²) in [6.45, 7) is 0.697. The number of rotatable bonds is 7. The van der Waals surface area contributed by atoms with Crippen molar-refractivity contribution < 1.29 is 9.18 Å². The van der Waals surface area contributed by atoms with Crippen LogP contribution in [0.5, 0.6) is 0 Å². The van der Waals surface area contributed by atoms with Crippen molar-refractivity contribution in [3.05, 3.63) is 71.8 Å². The lowest BCUT2D eigenvalue weighted by Crippen LogP contribution is -2.25. The highest BCUT2D eigenvalue weighted by atomic mass is 19.1. The number of allylic oxidation sites excluding steroid dienone is 1. The van der Waals surface area contributed by atoms with E-state index in [0.29, 0.717) is 19.4 Å². The Kier molecular flexibility index (Phi) is 6.03. The number of fused-ring (bicyclic) bond motifs is 1. The summed E-state index contributed by atoms with van der Waals surface area (Å²) in [6, 6.07) is 12.2. The molecule has 4 nitrogen and oxygen atoms in total. The predicted octanol–water partition coefficient (Wildman–Crippen LogP) is 5.08. The van der Waals surface area contributed by atoms with Crippen molar-refractivity contribution in [3.8, 4) is 11.3 Å². The van der Waals surface area contributed by atoms with Gasteiger partial charge in [0, 0.05) is 24.7 Å². The molecule has 0 unspecified atom stereocenters. The quantitative estimate of drug-likeness (QED) is 0.571. The summed E-state index contributed by atoms with van der Waals surface area (Å²) < 4.78 is 15.3. The third kappa shape index (κ3) is 4.73. The van der Waals surface area contributed by atoms with Crippen molar-refractivity contribution >= 4 is 11.6 Å². The number of carbonyl (C=O) groups excluding carboxylic acids is 1. The maximum Gasteiger partial charge on any atom is 0.220 e. The molecule has 29 heavy (non-hydrogen) atoms. The van der Waals surface area contributed by atoms with Gasteiger partial charge in [0.1, 0.15) is 11.5 Å². The molecule has 0 atom stereocenters. The van der Waals surface area contributed by atoms with Crippen LogP contribution < -0.4 is 5.32 Å². The predicted molar refractivity (Wildman–Crippen MR) is 113 cm³/mol. The number of aromatic nitrogens is 2. The molecule has 0 spiro atoms. The minimum Gasteiger partial charge on any atom is -0.356 e. The Hall–Kier alpha value is -2.95. The normalized spacial score (nSPS) is 14.0. The van der Waals surface area contributed by atoms with Crippen LogP contribution in [0.15, 0.2) is 60.3 Å². The molecule has 1 N–H and O–H groups in total. The average Bonchev–Trinajstić information content (AvgIpc) is 3.12. The van der Waals surface area contributed by atoms with Crippen LogP contribution in [-0.2, 0) is 11.2 Å². The minimum atomic E-state index is -0.272. The van der Waals surface area contributed by atoms with Crippen molar-refractivity contribution in [2.45, 2.75) is 44.9 Å². The molecule has 0 bridgehead atoms. The van der Waals surface area contributed by atoms with Gasteiger partial charge in [-0.05, 0) is 74.9 Å². The summed E-state index contributed by atoms with van der Waals surface area (Å²) in [6.07, 6.45) is 11.1. The van der Waals surface area contributed by atoms with E-state index in [1.165, 1.54) is 43.4 Å². The molecule has 4 rings (SSSR count). The summed E-state index contributed by atoms with van der Waals surface area (Å²) in [5.74, 6) is -0.219. The van der Waals surface area contributed by atoms with Crippen LogP contribution in [-0.4, -0.2) is 21.8 Å². The third-order valence-electron chi connectivity index (χ3n) is 5.49. The van der Waals surface area contributed by atoms with Gasteiger partial charge in [0.05, 0.1) is 11.4 Å². The van der Waals surface area contributed by atoms with Crippen LogP contribution >= 0.6 is 0 Å². The van der Waals surface area contributed by atoms with Crippen molar-refractivity contribution in [2.24, 2.45) is 0 Å². The highest BCUT2D eigenvalue weighted by Gasteiger charge is 2.15. The molecule has 5 heteroatoms. The Labute approximate surface area is 170 Å². The van der Waals surface area contributed by atoms with Gasteiger partial charge < -0.3 is 9.72 Å². The van der Waals surface area contributed by atoms with Crippen LogP contribution in [0.1, 0.15) is 44.2 Å². The highest BCUT2D eigenvalue weighted by molar-refractivity contribution is 5.77. The fourth-order valence-corrected chi connectivity index (χ4v) is 3.94. The standard InChI is InChI=1S/C24H26FN3O/c25-20-11-9-19(10-12-20)24-21(28-17-5-4-8-22(28)27-24)13-14-23(29)26-16-15-18-6-2-1-3-7-18/h4-6,8-12,17H,1-3,7,13-16H2,(H,26,29). The Morgan fingerprint density at radius 2 is 1.97 bits per heavy atom. The first-order valence-corrected chi connectivity index (χ1v) is 10.4. The first-order valence-electron chi connectivity index (χ1n) is 10.4. The van der Waals surface area contributed by atoms with Crippen molar-refractivity contribution in [2.75, 3.05) is 6.54 Å². The molecule has 0 fully saturated rings. The Morgan fingerprint density at radius 3 is 2.76 bits per heavy atom. The molecule has 2 heterocycles. The lowest BCUT2D eigenvalue weighted by Gasteiger charge is -2.13. The molecule has 1 aliphatic rings. The van der Waals surface area contributed by atoms with Crippen LogP contribution in [0.4, 0.5) is 4.39 Å². The fraction of sp³-hybridized carbons (Fsp3) is 0.333. The van der Waals surface area contributed by atoms with Gasteiger partial charge in [-0.25, -0.2) is 9.37 Å². The molecule has 0 aliphatic heterocycles. The Morgan fingerprint density at radius 1 is 1.10 bits per heavy atom. The minimum absolute atomic E-state index is 0.0531. The number of amides is 1. The zero-order valence-electron chi connectivity index (χ0n) is 16.5. The van der Waals surface area contributed by atoms with Gasteiger partial charge in [-0.2, -0.15) is 0 Å². The molecule has 0 saturated heterocycles.